The number of hydrogen-bond acceptors (Lipinski definition) is 4. The van der Waals surface area contributed by atoms with Crippen molar-refractivity contribution in [3.63, 3.8) is 0 Å². The fourth-order valence-electron chi connectivity index (χ4n) is 1.64. The molecule has 0 atom stereocenters. The molecule has 6 nitrogen and oxygen atoms in total. The van der Waals surface area contributed by atoms with Gasteiger partial charge in [0.15, 0.2) is 0 Å². The molecule has 0 amide bonds. The van der Waals surface area contributed by atoms with Crippen LogP contribution in [0.3, 0.4) is 0 Å². The first-order chi connectivity index (χ1) is 8.79. The number of benzene rings is 1. The minimum Gasteiger partial charge on any atom is -0.368 e. The van der Waals surface area contributed by atoms with Gasteiger partial charge in [-0.1, -0.05) is 29.3 Å². The van der Waals surface area contributed by atoms with E-state index in [4.69, 9.17) is 40.7 Å². The normalized spacial score (nSPS) is 15.7. The average molecular weight is 329 g/mol. The molecule has 1 aromatic rings. The van der Waals surface area contributed by atoms with E-state index in [-0.39, 0.29) is 0 Å². The van der Waals surface area contributed by atoms with Gasteiger partial charge in [-0.3, -0.25) is 9.11 Å². The van der Waals surface area contributed by atoms with Crippen molar-refractivity contribution in [2.75, 3.05) is 31.1 Å². The van der Waals surface area contributed by atoms with Crippen LogP contribution in [0.5, 0.6) is 0 Å². The molecule has 1 fully saturated rings. The Bertz CT molecular complexity index is 510. The molecule has 1 aliphatic heterocycles. The molecule has 9 heteroatoms. The van der Waals surface area contributed by atoms with E-state index in [2.05, 4.69) is 10.2 Å². The molecule has 1 aliphatic rings. The highest BCUT2D eigenvalue weighted by molar-refractivity contribution is 7.79. The number of anilines is 1. The maximum absolute atomic E-state index is 8.74. The van der Waals surface area contributed by atoms with Crippen molar-refractivity contribution in [2.45, 2.75) is 0 Å². The first-order valence-electron chi connectivity index (χ1n) is 5.38. The van der Waals surface area contributed by atoms with Crippen molar-refractivity contribution in [3.05, 3.63) is 28.2 Å². The van der Waals surface area contributed by atoms with Crippen molar-refractivity contribution in [1.29, 1.82) is 0 Å². The second kappa shape index (κ2) is 7.28. The molecule has 0 bridgehead atoms. The molecular weight excluding hydrogens is 315 g/mol. The van der Waals surface area contributed by atoms with Gasteiger partial charge < -0.3 is 10.2 Å². The smallest absolute Gasteiger partial charge is 0.368 e. The summed E-state index contributed by atoms with van der Waals surface area (Å²) in [5.74, 6) is 0. The Morgan fingerprint density at radius 1 is 1.16 bits per heavy atom. The van der Waals surface area contributed by atoms with Gasteiger partial charge in [-0.2, -0.15) is 8.42 Å². The quantitative estimate of drug-likeness (QED) is 0.680. The summed E-state index contributed by atoms with van der Waals surface area (Å²) >= 11 is 12.1. The summed E-state index contributed by atoms with van der Waals surface area (Å²) in [6.07, 6.45) is 0. The second-order valence-corrected chi connectivity index (χ2v) is 5.44. The van der Waals surface area contributed by atoms with Gasteiger partial charge in [0.05, 0.1) is 15.7 Å². The third-order valence-electron chi connectivity index (χ3n) is 2.39. The summed E-state index contributed by atoms with van der Waals surface area (Å²) < 4.78 is 31.6. The van der Waals surface area contributed by atoms with Crippen LogP contribution in [0.15, 0.2) is 18.2 Å². The number of hydrogen-bond donors (Lipinski definition) is 3. The summed E-state index contributed by atoms with van der Waals surface area (Å²) in [5, 5.41) is 4.59. The maximum atomic E-state index is 8.74. The van der Waals surface area contributed by atoms with Crippen molar-refractivity contribution < 1.29 is 17.5 Å². The van der Waals surface area contributed by atoms with Crippen LogP contribution in [0.25, 0.3) is 0 Å². The van der Waals surface area contributed by atoms with Crippen LogP contribution in [-0.4, -0.2) is 43.7 Å². The van der Waals surface area contributed by atoms with E-state index >= 15 is 0 Å². The monoisotopic (exact) mass is 328 g/mol. The lowest BCUT2D eigenvalue weighted by molar-refractivity contribution is 0.381. The molecule has 0 saturated carbocycles. The van der Waals surface area contributed by atoms with E-state index in [1.165, 1.54) is 0 Å². The van der Waals surface area contributed by atoms with Crippen LogP contribution in [0, 0.1) is 0 Å². The van der Waals surface area contributed by atoms with Crippen molar-refractivity contribution in [2.24, 2.45) is 0 Å². The van der Waals surface area contributed by atoms with Gasteiger partial charge in [0.2, 0.25) is 0 Å². The van der Waals surface area contributed by atoms with Crippen molar-refractivity contribution in [3.8, 4) is 0 Å². The molecule has 1 heterocycles. The van der Waals surface area contributed by atoms with Crippen LogP contribution in [0.2, 0.25) is 10.0 Å². The third-order valence-corrected chi connectivity index (χ3v) is 3.20. The number of nitrogens with zero attached hydrogens (tertiary/aromatic N) is 1. The van der Waals surface area contributed by atoms with E-state index in [1.807, 2.05) is 18.2 Å². The molecule has 19 heavy (non-hydrogen) atoms. The van der Waals surface area contributed by atoms with E-state index in [1.54, 1.807) is 0 Å². The highest BCUT2D eigenvalue weighted by Crippen LogP contribution is 2.32. The molecule has 0 spiro atoms. The lowest BCUT2D eigenvalue weighted by Crippen LogP contribution is -2.43. The van der Waals surface area contributed by atoms with E-state index in [9.17, 15) is 0 Å². The van der Waals surface area contributed by atoms with E-state index in [0.717, 1.165) is 31.9 Å². The van der Waals surface area contributed by atoms with Gasteiger partial charge in [-0.15, -0.1) is 0 Å². The van der Waals surface area contributed by atoms with E-state index in [0.29, 0.717) is 10.0 Å². The Hall–Kier alpha value is -0.570. The fraction of sp³-hybridized carbons (Fsp3) is 0.400. The van der Waals surface area contributed by atoms with Crippen LogP contribution in [0.4, 0.5) is 5.69 Å². The van der Waals surface area contributed by atoms with Gasteiger partial charge in [-0.25, -0.2) is 0 Å². The average Bonchev–Trinajstić information content (AvgIpc) is 2.32. The second-order valence-electron chi connectivity index (χ2n) is 3.76. The van der Waals surface area contributed by atoms with E-state index < -0.39 is 10.4 Å². The van der Waals surface area contributed by atoms with Gasteiger partial charge >= 0.3 is 10.4 Å². The number of piperazine rings is 1. The molecular formula is C10H14Cl2N2O4S. The Kier molecular flexibility index (Phi) is 6.31. The largest absolute Gasteiger partial charge is 0.394 e. The minimum atomic E-state index is -4.67. The number of rotatable bonds is 1. The standard InChI is InChI=1S/C10H12Cl2N2.H2O4S/c11-8-2-1-3-9(10(8)12)14-6-4-13-5-7-14;1-5(2,3)4/h1-3,13H,4-7H2;(H2,1,2,3,4). The highest BCUT2D eigenvalue weighted by Gasteiger charge is 2.14. The third kappa shape index (κ3) is 6.42. The van der Waals surface area contributed by atoms with Gasteiger partial charge in [0.1, 0.15) is 0 Å². The zero-order chi connectivity index (χ0) is 14.5. The molecule has 2 rings (SSSR count). The zero-order valence-corrected chi connectivity index (χ0v) is 12.2. The summed E-state index contributed by atoms with van der Waals surface area (Å²) in [6.45, 7) is 3.98. The molecule has 0 unspecified atom stereocenters. The highest BCUT2D eigenvalue weighted by atomic mass is 35.5. The molecule has 108 valence electrons. The Labute approximate surface area is 121 Å². The molecule has 0 aromatic heterocycles. The number of nitrogens with one attached hydrogen (secondary N) is 1. The first kappa shape index (κ1) is 16.5. The van der Waals surface area contributed by atoms with Gasteiger partial charge in [0.25, 0.3) is 0 Å². The Balaban J connectivity index is 0.000000312. The minimum absolute atomic E-state index is 0.627. The summed E-state index contributed by atoms with van der Waals surface area (Å²) in [7, 11) is -4.67. The van der Waals surface area contributed by atoms with Crippen molar-refractivity contribution in [1.82, 2.24) is 5.32 Å². The zero-order valence-electron chi connectivity index (χ0n) is 9.88. The Morgan fingerprint density at radius 3 is 2.21 bits per heavy atom. The summed E-state index contributed by atoms with van der Waals surface area (Å²) in [4.78, 5) is 2.25. The SMILES string of the molecule is Clc1cccc(N2CCNCC2)c1Cl.O=S(=O)(O)O. The number of halogens is 2. The summed E-state index contributed by atoms with van der Waals surface area (Å²) in [6, 6.07) is 5.76. The summed E-state index contributed by atoms with van der Waals surface area (Å²) in [5.41, 5.74) is 1.04. The van der Waals surface area contributed by atoms with Gasteiger partial charge in [0, 0.05) is 26.2 Å². The van der Waals surface area contributed by atoms with Gasteiger partial charge in [-0.05, 0) is 12.1 Å². The van der Waals surface area contributed by atoms with Crippen LogP contribution in [-0.2, 0) is 10.4 Å². The molecule has 1 saturated heterocycles. The Morgan fingerprint density at radius 2 is 1.68 bits per heavy atom. The molecule has 0 radical (unpaired) electrons. The van der Waals surface area contributed by atoms with Crippen LogP contribution < -0.4 is 10.2 Å². The predicted molar refractivity (Wildman–Crippen MR) is 75.7 cm³/mol. The van der Waals surface area contributed by atoms with Crippen molar-refractivity contribution >= 4 is 39.3 Å². The molecule has 3 N–H and O–H groups in total. The molecule has 0 aliphatic carbocycles. The topological polar surface area (TPSA) is 89.9 Å². The lowest BCUT2D eigenvalue weighted by Gasteiger charge is -2.30. The van der Waals surface area contributed by atoms with Crippen LogP contribution in [0.1, 0.15) is 0 Å². The lowest BCUT2D eigenvalue weighted by atomic mass is 10.2. The molecule has 1 aromatic carbocycles. The predicted octanol–water partition coefficient (Wildman–Crippen LogP) is 1.75. The van der Waals surface area contributed by atoms with Crippen LogP contribution >= 0.6 is 23.2 Å². The maximum Gasteiger partial charge on any atom is 0.394 e. The first-order valence-corrected chi connectivity index (χ1v) is 7.54. The fourth-order valence-corrected chi connectivity index (χ4v) is 2.06.